The van der Waals surface area contributed by atoms with Gasteiger partial charge in [-0.3, -0.25) is 0 Å². The number of anilines is 1. The summed E-state index contributed by atoms with van der Waals surface area (Å²) in [6, 6.07) is 3.19. The Labute approximate surface area is 98.8 Å². The Morgan fingerprint density at radius 1 is 1.18 bits per heavy atom. The van der Waals surface area contributed by atoms with Crippen molar-refractivity contribution in [3.05, 3.63) is 29.3 Å². The number of nitrogens with two attached hydrogens (primary N) is 2. The van der Waals surface area contributed by atoms with Gasteiger partial charge in [-0.25, -0.2) is 0 Å². The lowest BCUT2D eigenvalue weighted by molar-refractivity contribution is -0.137. The minimum atomic E-state index is -4.37. The molecule has 1 unspecified atom stereocenters. The second-order valence-corrected chi connectivity index (χ2v) is 4.81. The summed E-state index contributed by atoms with van der Waals surface area (Å²) in [5, 5.41) is 0. The van der Waals surface area contributed by atoms with E-state index in [-0.39, 0.29) is 11.7 Å². The maximum Gasteiger partial charge on any atom is 0.416 e. The number of hydrogen-bond donors (Lipinski definition) is 2. The molecular weight excluding hydrogens is 229 g/mol. The maximum atomic E-state index is 12.5. The molecule has 0 aliphatic heterocycles. The van der Waals surface area contributed by atoms with Gasteiger partial charge < -0.3 is 11.5 Å². The SMILES string of the molecule is CC(N)C(C)(C)c1ccc(C(F)(F)F)cc1N. The summed E-state index contributed by atoms with van der Waals surface area (Å²) in [5.41, 5.74) is 11.1. The molecule has 17 heavy (non-hydrogen) atoms. The molecule has 2 nitrogen and oxygen atoms in total. The third-order valence-corrected chi connectivity index (χ3v) is 3.21. The zero-order valence-corrected chi connectivity index (χ0v) is 10.1. The van der Waals surface area contributed by atoms with Gasteiger partial charge in [-0.15, -0.1) is 0 Å². The Morgan fingerprint density at radius 2 is 1.71 bits per heavy atom. The standard InChI is InChI=1S/C12H17F3N2/c1-7(16)11(2,3)9-5-4-8(6-10(9)17)12(13,14)15/h4-7H,16-17H2,1-3H3. The molecule has 0 saturated carbocycles. The summed E-state index contributed by atoms with van der Waals surface area (Å²) in [6.07, 6.45) is -4.37. The molecule has 4 N–H and O–H groups in total. The van der Waals surface area contributed by atoms with Crippen LogP contribution in [0.3, 0.4) is 0 Å². The van der Waals surface area contributed by atoms with Crippen LogP contribution < -0.4 is 11.5 Å². The van der Waals surface area contributed by atoms with Gasteiger partial charge in [-0.2, -0.15) is 13.2 Å². The van der Waals surface area contributed by atoms with Crippen molar-refractivity contribution in [3.63, 3.8) is 0 Å². The van der Waals surface area contributed by atoms with Crippen LogP contribution in [-0.4, -0.2) is 6.04 Å². The summed E-state index contributed by atoms with van der Waals surface area (Å²) in [6.45, 7) is 5.52. The average molecular weight is 246 g/mol. The van der Waals surface area contributed by atoms with E-state index in [0.717, 1.165) is 12.1 Å². The first-order valence-electron chi connectivity index (χ1n) is 5.29. The summed E-state index contributed by atoms with van der Waals surface area (Å²) in [7, 11) is 0. The van der Waals surface area contributed by atoms with Crippen molar-refractivity contribution in [1.29, 1.82) is 0 Å². The number of alkyl halides is 3. The Morgan fingerprint density at radius 3 is 2.06 bits per heavy atom. The van der Waals surface area contributed by atoms with E-state index < -0.39 is 17.2 Å². The van der Waals surface area contributed by atoms with Gasteiger partial charge in [-0.1, -0.05) is 19.9 Å². The van der Waals surface area contributed by atoms with Crippen LogP contribution in [0.25, 0.3) is 0 Å². The third kappa shape index (κ3) is 2.72. The fourth-order valence-corrected chi connectivity index (χ4v) is 1.57. The van der Waals surface area contributed by atoms with Crippen LogP contribution in [0.15, 0.2) is 18.2 Å². The highest BCUT2D eigenvalue weighted by molar-refractivity contribution is 5.53. The van der Waals surface area contributed by atoms with Gasteiger partial charge in [-0.05, 0) is 24.6 Å². The topological polar surface area (TPSA) is 52.0 Å². The van der Waals surface area contributed by atoms with Crippen LogP contribution in [0, 0.1) is 0 Å². The lowest BCUT2D eigenvalue weighted by atomic mass is 9.78. The zero-order chi connectivity index (χ0) is 13.4. The van der Waals surface area contributed by atoms with E-state index in [9.17, 15) is 13.2 Å². The van der Waals surface area contributed by atoms with Gasteiger partial charge in [0.2, 0.25) is 0 Å². The molecule has 1 aromatic carbocycles. The monoisotopic (exact) mass is 246 g/mol. The molecule has 1 rings (SSSR count). The van der Waals surface area contributed by atoms with Crippen LogP contribution in [0.5, 0.6) is 0 Å². The molecule has 0 aromatic heterocycles. The largest absolute Gasteiger partial charge is 0.416 e. The highest BCUT2D eigenvalue weighted by Crippen LogP contribution is 2.36. The Balaban J connectivity index is 3.24. The number of rotatable bonds is 2. The molecule has 0 aliphatic carbocycles. The van der Waals surface area contributed by atoms with Crippen LogP contribution in [0.2, 0.25) is 0 Å². The Bertz CT molecular complexity index is 409. The van der Waals surface area contributed by atoms with Crippen LogP contribution >= 0.6 is 0 Å². The average Bonchev–Trinajstić information content (AvgIpc) is 2.15. The summed E-state index contributed by atoms with van der Waals surface area (Å²) < 4.78 is 37.4. The highest BCUT2D eigenvalue weighted by Gasteiger charge is 2.33. The molecule has 5 heteroatoms. The number of halogens is 3. The fourth-order valence-electron chi connectivity index (χ4n) is 1.57. The van der Waals surface area contributed by atoms with Crippen LogP contribution in [0.4, 0.5) is 18.9 Å². The number of benzene rings is 1. The smallest absolute Gasteiger partial charge is 0.398 e. The summed E-state index contributed by atoms with van der Waals surface area (Å²) in [4.78, 5) is 0. The van der Waals surface area contributed by atoms with Crippen molar-refractivity contribution in [1.82, 2.24) is 0 Å². The number of nitrogen functional groups attached to an aromatic ring is 1. The second kappa shape index (κ2) is 4.22. The van der Waals surface area contributed by atoms with E-state index in [1.807, 2.05) is 13.8 Å². The normalized spacial score (nSPS) is 14.8. The molecule has 96 valence electrons. The maximum absolute atomic E-state index is 12.5. The van der Waals surface area contributed by atoms with Crippen molar-refractivity contribution in [2.45, 2.75) is 38.4 Å². The summed E-state index contributed by atoms with van der Waals surface area (Å²) in [5.74, 6) is 0. The predicted molar refractivity (Wildman–Crippen MR) is 62.5 cm³/mol. The third-order valence-electron chi connectivity index (χ3n) is 3.21. The van der Waals surface area contributed by atoms with Crippen LogP contribution in [-0.2, 0) is 11.6 Å². The molecule has 1 aromatic rings. The van der Waals surface area contributed by atoms with Crippen molar-refractivity contribution in [3.8, 4) is 0 Å². The molecule has 0 amide bonds. The van der Waals surface area contributed by atoms with Crippen molar-refractivity contribution in [2.24, 2.45) is 5.73 Å². The molecular formula is C12H17F3N2. The van der Waals surface area contributed by atoms with Gasteiger partial charge in [0.15, 0.2) is 0 Å². The van der Waals surface area contributed by atoms with Gasteiger partial charge in [0.1, 0.15) is 0 Å². The van der Waals surface area contributed by atoms with E-state index in [1.165, 1.54) is 6.07 Å². The van der Waals surface area contributed by atoms with Gasteiger partial charge in [0.25, 0.3) is 0 Å². The van der Waals surface area contributed by atoms with Crippen LogP contribution in [0.1, 0.15) is 31.9 Å². The molecule has 0 aliphatic rings. The Hall–Kier alpha value is -1.23. The highest BCUT2D eigenvalue weighted by atomic mass is 19.4. The van der Waals surface area contributed by atoms with Gasteiger partial charge in [0.05, 0.1) is 5.56 Å². The number of hydrogen-bond acceptors (Lipinski definition) is 2. The lowest BCUT2D eigenvalue weighted by Gasteiger charge is -2.31. The van der Waals surface area contributed by atoms with Gasteiger partial charge in [0, 0.05) is 17.1 Å². The second-order valence-electron chi connectivity index (χ2n) is 4.81. The minimum absolute atomic E-state index is 0.127. The zero-order valence-electron chi connectivity index (χ0n) is 10.1. The van der Waals surface area contributed by atoms with E-state index in [0.29, 0.717) is 5.56 Å². The molecule has 0 bridgehead atoms. The summed E-state index contributed by atoms with van der Waals surface area (Å²) >= 11 is 0. The Kier molecular flexibility index (Phi) is 3.43. The fraction of sp³-hybridized carbons (Fsp3) is 0.500. The van der Waals surface area contributed by atoms with E-state index in [1.54, 1.807) is 6.92 Å². The minimum Gasteiger partial charge on any atom is -0.398 e. The first-order chi connectivity index (χ1) is 7.56. The van der Waals surface area contributed by atoms with E-state index >= 15 is 0 Å². The first-order valence-corrected chi connectivity index (χ1v) is 5.29. The molecule has 0 fully saturated rings. The van der Waals surface area contributed by atoms with E-state index in [2.05, 4.69) is 0 Å². The molecule has 0 spiro atoms. The van der Waals surface area contributed by atoms with Crippen molar-refractivity contribution >= 4 is 5.69 Å². The lowest BCUT2D eigenvalue weighted by Crippen LogP contribution is -2.38. The molecule has 0 radical (unpaired) electrons. The van der Waals surface area contributed by atoms with Gasteiger partial charge >= 0.3 is 6.18 Å². The quantitative estimate of drug-likeness (QED) is 0.788. The molecule has 1 atom stereocenters. The molecule has 0 saturated heterocycles. The van der Waals surface area contributed by atoms with Crippen molar-refractivity contribution in [2.75, 3.05) is 5.73 Å². The van der Waals surface area contributed by atoms with Crippen molar-refractivity contribution < 1.29 is 13.2 Å². The molecule has 0 heterocycles. The predicted octanol–water partition coefficient (Wildman–Crippen LogP) is 2.91. The first kappa shape index (κ1) is 13.8. The van der Waals surface area contributed by atoms with E-state index in [4.69, 9.17) is 11.5 Å².